The number of benzene rings is 2. The van der Waals surface area contributed by atoms with Crippen molar-refractivity contribution >= 4 is 11.9 Å². The van der Waals surface area contributed by atoms with E-state index in [9.17, 15) is 9.59 Å². The molecule has 1 heterocycles. The molecule has 142 valence electrons. The van der Waals surface area contributed by atoms with Crippen LogP contribution in [-0.2, 0) is 27.2 Å². The van der Waals surface area contributed by atoms with E-state index < -0.39 is 5.97 Å². The SMILES string of the molecule is O=C(O)CCC(Cc1ccccc1)NC(=O)CC1OCCc2ccccc21. The second-order valence-electron chi connectivity index (χ2n) is 6.90. The second-order valence-corrected chi connectivity index (χ2v) is 6.90. The zero-order valence-corrected chi connectivity index (χ0v) is 15.3. The number of amides is 1. The summed E-state index contributed by atoms with van der Waals surface area (Å²) in [6.45, 7) is 0.613. The lowest BCUT2D eigenvalue weighted by atomic mass is 9.95. The number of carbonyl (C=O) groups is 2. The zero-order valence-electron chi connectivity index (χ0n) is 15.3. The van der Waals surface area contributed by atoms with Gasteiger partial charge in [-0.3, -0.25) is 9.59 Å². The Kier molecular flexibility index (Phi) is 6.60. The van der Waals surface area contributed by atoms with Crippen molar-refractivity contribution in [2.24, 2.45) is 0 Å². The highest BCUT2D eigenvalue weighted by atomic mass is 16.5. The molecule has 2 N–H and O–H groups in total. The molecule has 1 aliphatic heterocycles. The quantitative estimate of drug-likeness (QED) is 0.751. The fourth-order valence-corrected chi connectivity index (χ4v) is 3.52. The molecule has 2 aromatic rings. The van der Waals surface area contributed by atoms with Crippen LogP contribution in [0.2, 0.25) is 0 Å². The Hall–Kier alpha value is -2.66. The van der Waals surface area contributed by atoms with Crippen LogP contribution < -0.4 is 5.32 Å². The summed E-state index contributed by atoms with van der Waals surface area (Å²) in [7, 11) is 0. The van der Waals surface area contributed by atoms with Gasteiger partial charge < -0.3 is 15.2 Å². The molecule has 0 aliphatic carbocycles. The predicted octanol–water partition coefficient (Wildman–Crippen LogP) is 3.28. The second kappa shape index (κ2) is 9.33. The van der Waals surface area contributed by atoms with Crippen LogP contribution in [0.4, 0.5) is 0 Å². The number of carboxylic acid groups (broad SMARTS) is 1. The van der Waals surface area contributed by atoms with Crippen molar-refractivity contribution < 1.29 is 19.4 Å². The van der Waals surface area contributed by atoms with Crippen LogP contribution in [0.1, 0.15) is 42.1 Å². The van der Waals surface area contributed by atoms with Gasteiger partial charge in [-0.05, 0) is 36.0 Å². The van der Waals surface area contributed by atoms with Gasteiger partial charge in [-0.1, -0.05) is 54.6 Å². The standard InChI is InChI=1S/C22H25NO4/c24-21(15-20-19-9-5-4-8-17(19)12-13-27-20)23-18(10-11-22(25)26)14-16-6-2-1-3-7-16/h1-9,18,20H,10-15H2,(H,23,24)(H,25,26). The monoisotopic (exact) mass is 367 g/mol. The third kappa shape index (κ3) is 5.66. The number of carbonyl (C=O) groups excluding carboxylic acids is 1. The van der Waals surface area contributed by atoms with Crippen molar-refractivity contribution in [3.63, 3.8) is 0 Å². The molecule has 2 unspecified atom stereocenters. The summed E-state index contributed by atoms with van der Waals surface area (Å²) in [5.74, 6) is -0.963. The topological polar surface area (TPSA) is 75.6 Å². The van der Waals surface area contributed by atoms with Crippen molar-refractivity contribution in [1.29, 1.82) is 0 Å². The lowest BCUT2D eigenvalue weighted by molar-refractivity contribution is -0.137. The third-order valence-corrected chi connectivity index (χ3v) is 4.86. The molecule has 2 aromatic carbocycles. The summed E-state index contributed by atoms with van der Waals surface area (Å²) >= 11 is 0. The zero-order chi connectivity index (χ0) is 19.1. The number of aliphatic carboxylic acids is 1. The van der Waals surface area contributed by atoms with Crippen LogP contribution in [0, 0.1) is 0 Å². The van der Waals surface area contributed by atoms with Crippen LogP contribution in [0.25, 0.3) is 0 Å². The molecule has 2 atom stereocenters. The number of nitrogens with one attached hydrogen (secondary N) is 1. The molecule has 0 bridgehead atoms. The van der Waals surface area contributed by atoms with Crippen molar-refractivity contribution in [3.8, 4) is 0 Å². The fourth-order valence-electron chi connectivity index (χ4n) is 3.52. The Morgan fingerprint density at radius 3 is 2.63 bits per heavy atom. The van der Waals surface area contributed by atoms with Gasteiger partial charge in [0.05, 0.1) is 19.1 Å². The Balaban J connectivity index is 1.62. The van der Waals surface area contributed by atoms with Crippen LogP contribution in [0.3, 0.4) is 0 Å². The van der Waals surface area contributed by atoms with E-state index in [-0.39, 0.29) is 30.9 Å². The van der Waals surface area contributed by atoms with Gasteiger partial charge in [-0.15, -0.1) is 0 Å². The molecule has 5 nitrogen and oxygen atoms in total. The fraction of sp³-hybridized carbons (Fsp3) is 0.364. The van der Waals surface area contributed by atoms with Gasteiger partial charge in [0.15, 0.2) is 0 Å². The van der Waals surface area contributed by atoms with Crippen molar-refractivity contribution in [2.45, 2.75) is 44.2 Å². The number of fused-ring (bicyclic) bond motifs is 1. The van der Waals surface area contributed by atoms with Crippen LogP contribution in [-0.4, -0.2) is 29.6 Å². The van der Waals surface area contributed by atoms with Crippen molar-refractivity contribution in [1.82, 2.24) is 5.32 Å². The smallest absolute Gasteiger partial charge is 0.303 e. The summed E-state index contributed by atoms with van der Waals surface area (Å²) in [4.78, 5) is 23.6. The van der Waals surface area contributed by atoms with E-state index >= 15 is 0 Å². The van der Waals surface area contributed by atoms with Gasteiger partial charge >= 0.3 is 5.97 Å². The molecule has 5 heteroatoms. The largest absolute Gasteiger partial charge is 0.481 e. The lowest BCUT2D eigenvalue weighted by Crippen LogP contribution is -2.38. The Morgan fingerprint density at radius 2 is 1.85 bits per heavy atom. The minimum absolute atomic E-state index is 0.0283. The summed E-state index contributed by atoms with van der Waals surface area (Å²) in [6, 6.07) is 17.6. The molecule has 3 rings (SSSR count). The lowest BCUT2D eigenvalue weighted by Gasteiger charge is -2.26. The summed E-state index contributed by atoms with van der Waals surface area (Å²) in [5.41, 5.74) is 3.38. The first-order valence-corrected chi connectivity index (χ1v) is 9.36. The average Bonchev–Trinajstić information content (AvgIpc) is 2.67. The van der Waals surface area contributed by atoms with E-state index in [0.717, 1.165) is 17.5 Å². The maximum Gasteiger partial charge on any atom is 0.303 e. The van der Waals surface area contributed by atoms with E-state index in [2.05, 4.69) is 11.4 Å². The molecular weight excluding hydrogens is 342 g/mol. The molecule has 0 spiro atoms. The molecule has 0 aromatic heterocycles. The number of hydrogen-bond acceptors (Lipinski definition) is 3. The Morgan fingerprint density at radius 1 is 1.11 bits per heavy atom. The van der Waals surface area contributed by atoms with Crippen molar-refractivity contribution in [3.05, 3.63) is 71.3 Å². The predicted molar refractivity (Wildman–Crippen MR) is 102 cm³/mol. The first kappa shape index (κ1) is 19.1. The van der Waals surface area contributed by atoms with Crippen molar-refractivity contribution in [2.75, 3.05) is 6.61 Å². The molecule has 0 fully saturated rings. The number of rotatable bonds is 8. The van der Waals surface area contributed by atoms with E-state index in [4.69, 9.17) is 9.84 Å². The van der Waals surface area contributed by atoms with Gasteiger partial charge in [0.1, 0.15) is 0 Å². The van der Waals surface area contributed by atoms with Crippen LogP contribution >= 0.6 is 0 Å². The molecule has 1 amide bonds. The average molecular weight is 367 g/mol. The molecule has 1 aliphatic rings. The molecule has 27 heavy (non-hydrogen) atoms. The summed E-state index contributed by atoms with van der Waals surface area (Å²) in [5, 5.41) is 12.0. The van der Waals surface area contributed by atoms with Crippen LogP contribution in [0.15, 0.2) is 54.6 Å². The van der Waals surface area contributed by atoms with Gasteiger partial charge in [0.25, 0.3) is 0 Å². The maximum absolute atomic E-state index is 12.6. The van der Waals surface area contributed by atoms with Gasteiger partial charge in [-0.2, -0.15) is 0 Å². The highest BCUT2D eigenvalue weighted by Gasteiger charge is 2.24. The van der Waals surface area contributed by atoms with E-state index in [1.807, 2.05) is 48.5 Å². The molecular formula is C22H25NO4. The molecule has 0 saturated heterocycles. The highest BCUT2D eigenvalue weighted by molar-refractivity contribution is 5.77. The summed E-state index contributed by atoms with van der Waals surface area (Å²) < 4.78 is 5.82. The number of hydrogen-bond donors (Lipinski definition) is 2. The van der Waals surface area contributed by atoms with E-state index in [0.29, 0.717) is 19.4 Å². The number of carboxylic acids is 1. The minimum Gasteiger partial charge on any atom is -0.481 e. The van der Waals surface area contributed by atoms with Gasteiger partial charge in [0, 0.05) is 12.5 Å². The maximum atomic E-state index is 12.6. The van der Waals surface area contributed by atoms with Gasteiger partial charge in [0.2, 0.25) is 5.91 Å². The molecule has 0 radical (unpaired) electrons. The third-order valence-electron chi connectivity index (χ3n) is 4.86. The first-order chi connectivity index (χ1) is 13.1. The van der Waals surface area contributed by atoms with E-state index in [1.165, 1.54) is 5.56 Å². The van der Waals surface area contributed by atoms with Crippen LogP contribution in [0.5, 0.6) is 0 Å². The molecule has 0 saturated carbocycles. The Labute approximate surface area is 159 Å². The number of ether oxygens (including phenoxy) is 1. The minimum atomic E-state index is -0.855. The highest BCUT2D eigenvalue weighted by Crippen LogP contribution is 2.29. The van der Waals surface area contributed by atoms with Gasteiger partial charge in [-0.25, -0.2) is 0 Å². The Bertz CT molecular complexity index is 775. The summed E-state index contributed by atoms with van der Waals surface area (Å²) in [6.07, 6.45) is 1.91. The first-order valence-electron chi connectivity index (χ1n) is 9.36. The van der Waals surface area contributed by atoms with E-state index in [1.54, 1.807) is 0 Å². The normalized spacial score (nSPS) is 17.0.